The maximum atomic E-state index is 12.1. The van der Waals surface area contributed by atoms with Gasteiger partial charge >= 0.3 is 0 Å². The second-order valence-electron chi connectivity index (χ2n) is 6.54. The molecule has 0 fully saturated rings. The molecule has 3 aromatic rings. The maximum absolute atomic E-state index is 12.1. The minimum absolute atomic E-state index is 0.0753. The first-order chi connectivity index (χ1) is 12.6. The van der Waals surface area contributed by atoms with Crippen LogP contribution in [0.15, 0.2) is 72.9 Å². The third-order valence-electron chi connectivity index (χ3n) is 4.10. The highest BCUT2D eigenvalue weighted by molar-refractivity contribution is 5.91. The quantitative estimate of drug-likeness (QED) is 0.651. The molecule has 1 aromatic heterocycles. The lowest BCUT2D eigenvalue weighted by atomic mass is 10.0. The van der Waals surface area contributed by atoms with Crippen molar-refractivity contribution in [1.29, 1.82) is 0 Å². The highest BCUT2D eigenvalue weighted by atomic mass is 16.1. The first-order valence-corrected chi connectivity index (χ1v) is 8.77. The van der Waals surface area contributed by atoms with Crippen LogP contribution in [0.5, 0.6) is 0 Å². The molecule has 4 nitrogen and oxygen atoms in total. The summed E-state index contributed by atoms with van der Waals surface area (Å²) in [6.45, 7) is 4.36. The second-order valence-corrected chi connectivity index (χ2v) is 6.54. The number of benzene rings is 2. The summed E-state index contributed by atoms with van der Waals surface area (Å²) >= 11 is 0. The lowest BCUT2D eigenvalue weighted by Crippen LogP contribution is -2.15. The van der Waals surface area contributed by atoms with E-state index in [1.807, 2.05) is 36.4 Å². The molecule has 0 saturated heterocycles. The Bertz CT molecular complexity index is 841. The van der Waals surface area contributed by atoms with Gasteiger partial charge in [-0.15, -0.1) is 0 Å². The van der Waals surface area contributed by atoms with E-state index in [-0.39, 0.29) is 5.91 Å². The molecule has 0 radical (unpaired) electrons. The molecule has 0 unspecified atom stereocenters. The van der Waals surface area contributed by atoms with Gasteiger partial charge in [0.2, 0.25) is 5.91 Å². The highest BCUT2D eigenvalue weighted by Crippen LogP contribution is 2.20. The van der Waals surface area contributed by atoms with E-state index in [0.717, 1.165) is 16.9 Å². The average Bonchev–Trinajstić information content (AvgIpc) is 2.64. The summed E-state index contributed by atoms with van der Waals surface area (Å²) in [6, 6.07) is 21.7. The number of carbonyl (C=O) groups is 1. The number of rotatable bonds is 6. The van der Waals surface area contributed by atoms with Crippen molar-refractivity contribution >= 4 is 23.1 Å². The third-order valence-corrected chi connectivity index (χ3v) is 4.10. The molecule has 1 heterocycles. The zero-order chi connectivity index (χ0) is 18.4. The molecule has 2 aromatic carbocycles. The zero-order valence-corrected chi connectivity index (χ0v) is 15.1. The van der Waals surface area contributed by atoms with Gasteiger partial charge in [-0.2, -0.15) is 0 Å². The van der Waals surface area contributed by atoms with Crippen LogP contribution in [0, 0.1) is 0 Å². The van der Waals surface area contributed by atoms with Gasteiger partial charge in [0.1, 0.15) is 5.82 Å². The number of nitrogens with one attached hydrogen (secondary N) is 2. The summed E-state index contributed by atoms with van der Waals surface area (Å²) in [5.41, 5.74) is 4.18. The summed E-state index contributed by atoms with van der Waals surface area (Å²) in [5.74, 6) is 0.991. The summed E-state index contributed by atoms with van der Waals surface area (Å²) in [4.78, 5) is 16.4. The van der Waals surface area contributed by atoms with Crippen molar-refractivity contribution in [3.63, 3.8) is 0 Å². The monoisotopic (exact) mass is 345 g/mol. The largest absolute Gasteiger partial charge is 0.354 e. The van der Waals surface area contributed by atoms with E-state index in [4.69, 9.17) is 0 Å². The van der Waals surface area contributed by atoms with E-state index >= 15 is 0 Å². The minimum atomic E-state index is -0.0753. The zero-order valence-electron chi connectivity index (χ0n) is 15.1. The molecule has 26 heavy (non-hydrogen) atoms. The van der Waals surface area contributed by atoms with Crippen LogP contribution in [-0.4, -0.2) is 10.9 Å². The van der Waals surface area contributed by atoms with E-state index < -0.39 is 0 Å². The van der Waals surface area contributed by atoms with Crippen LogP contribution in [0.1, 0.15) is 30.9 Å². The molecule has 0 atom stereocenters. The fourth-order valence-corrected chi connectivity index (χ4v) is 2.63. The van der Waals surface area contributed by atoms with Crippen LogP contribution < -0.4 is 10.6 Å². The summed E-state index contributed by atoms with van der Waals surface area (Å²) in [5, 5.41) is 6.14. The summed E-state index contributed by atoms with van der Waals surface area (Å²) in [7, 11) is 0. The van der Waals surface area contributed by atoms with E-state index in [1.54, 1.807) is 12.3 Å². The van der Waals surface area contributed by atoms with Crippen LogP contribution in [0.3, 0.4) is 0 Å². The first kappa shape index (κ1) is 17.7. The van der Waals surface area contributed by atoms with Gasteiger partial charge in [0.15, 0.2) is 0 Å². The number of amides is 1. The van der Waals surface area contributed by atoms with Gasteiger partial charge in [-0.05, 0) is 41.3 Å². The molecule has 2 N–H and O–H groups in total. The average molecular weight is 345 g/mol. The van der Waals surface area contributed by atoms with E-state index in [9.17, 15) is 4.79 Å². The van der Waals surface area contributed by atoms with Gasteiger partial charge in [0.25, 0.3) is 0 Å². The third kappa shape index (κ3) is 4.93. The van der Waals surface area contributed by atoms with Gasteiger partial charge < -0.3 is 10.6 Å². The molecule has 132 valence electrons. The Kier molecular flexibility index (Phi) is 5.64. The molecule has 1 amide bonds. The number of aromatic nitrogens is 1. The second kappa shape index (κ2) is 8.30. The Morgan fingerprint density at radius 2 is 1.62 bits per heavy atom. The Morgan fingerprint density at radius 3 is 2.23 bits per heavy atom. The summed E-state index contributed by atoms with van der Waals surface area (Å²) < 4.78 is 0. The lowest BCUT2D eigenvalue weighted by Gasteiger charge is -2.10. The van der Waals surface area contributed by atoms with Crippen LogP contribution >= 0.6 is 0 Å². The predicted octanol–water partition coefficient (Wildman–Crippen LogP) is 5.13. The fraction of sp³-hybridized carbons (Fsp3) is 0.182. The molecule has 0 aliphatic heterocycles. The number of carbonyl (C=O) groups excluding carboxylic acids is 1. The van der Waals surface area contributed by atoms with Crippen LogP contribution in [0.2, 0.25) is 0 Å². The van der Waals surface area contributed by atoms with E-state index in [2.05, 4.69) is 53.7 Å². The predicted molar refractivity (Wildman–Crippen MR) is 107 cm³/mol. The number of hydrogen-bond donors (Lipinski definition) is 2. The molecule has 0 aliphatic rings. The van der Waals surface area contributed by atoms with Crippen molar-refractivity contribution in [2.75, 3.05) is 10.6 Å². The van der Waals surface area contributed by atoms with Crippen molar-refractivity contribution < 1.29 is 4.79 Å². The van der Waals surface area contributed by atoms with E-state index in [1.165, 1.54) is 5.56 Å². The Morgan fingerprint density at radius 1 is 0.923 bits per heavy atom. The van der Waals surface area contributed by atoms with Crippen molar-refractivity contribution in [2.45, 2.75) is 26.2 Å². The molecule has 0 aliphatic carbocycles. The molecule has 0 spiro atoms. The Hall–Kier alpha value is -3.14. The molecule has 3 rings (SSSR count). The lowest BCUT2D eigenvalue weighted by molar-refractivity contribution is -0.115. The molecule has 0 bridgehead atoms. The van der Waals surface area contributed by atoms with Crippen molar-refractivity contribution in [3.05, 3.63) is 84.1 Å². The van der Waals surface area contributed by atoms with Crippen LogP contribution in [0.25, 0.3) is 0 Å². The summed E-state index contributed by atoms with van der Waals surface area (Å²) in [6.07, 6.45) is 2.05. The van der Waals surface area contributed by atoms with Crippen LogP contribution in [0.4, 0.5) is 17.2 Å². The first-order valence-electron chi connectivity index (χ1n) is 8.77. The topological polar surface area (TPSA) is 54.0 Å². The number of nitrogens with zero attached hydrogens (tertiary/aromatic N) is 1. The van der Waals surface area contributed by atoms with Crippen molar-refractivity contribution in [3.8, 4) is 0 Å². The maximum Gasteiger partial charge on any atom is 0.229 e. The SMILES string of the molecule is CC(C)c1ccc(Nc2ccc(NC(=O)Cc3ccccc3)nc2)cc1. The number of anilines is 3. The van der Waals surface area contributed by atoms with Gasteiger partial charge in [-0.25, -0.2) is 4.98 Å². The molecule has 4 heteroatoms. The molecular weight excluding hydrogens is 322 g/mol. The van der Waals surface area contributed by atoms with Gasteiger partial charge in [0, 0.05) is 5.69 Å². The van der Waals surface area contributed by atoms with Gasteiger partial charge in [-0.3, -0.25) is 4.79 Å². The van der Waals surface area contributed by atoms with E-state index in [0.29, 0.717) is 18.2 Å². The van der Waals surface area contributed by atoms with Gasteiger partial charge in [-0.1, -0.05) is 56.3 Å². The molecule has 0 saturated carbocycles. The normalized spacial score (nSPS) is 10.6. The highest BCUT2D eigenvalue weighted by Gasteiger charge is 2.05. The number of pyridine rings is 1. The van der Waals surface area contributed by atoms with Gasteiger partial charge in [0.05, 0.1) is 18.3 Å². The Labute approximate surface area is 154 Å². The smallest absolute Gasteiger partial charge is 0.229 e. The molecular formula is C22H23N3O. The standard InChI is InChI=1S/C22H23N3O/c1-16(2)18-8-10-19(11-9-18)24-20-12-13-21(23-15-20)25-22(26)14-17-6-4-3-5-7-17/h3-13,15-16,24H,14H2,1-2H3,(H,23,25,26). The fourth-order valence-electron chi connectivity index (χ4n) is 2.63. The van der Waals surface area contributed by atoms with Crippen LogP contribution in [-0.2, 0) is 11.2 Å². The van der Waals surface area contributed by atoms with Crippen molar-refractivity contribution in [2.24, 2.45) is 0 Å². The van der Waals surface area contributed by atoms with Crippen molar-refractivity contribution in [1.82, 2.24) is 4.98 Å². The number of hydrogen-bond acceptors (Lipinski definition) is 3. The Balaban J connectivity index is 1.57. The minimum Gasteiger partial charge on any atom is -0.354 e.